The molecule has 0 radical (unpaired) electrons. The minimum atomic E-state index is 0. The van der Waals surface area contributed by atoms with Gasteiger partial charge in [-0.1, -0.05) is 12.8 Å². The van der Waals surface area contributed by atoms with Gasteiger partial charge in [0.25, 0.3) is 0 Å². The van der Waals surface area contributed by atoms with Crippen molar-refractivity contribution in [2.75, 3.05) is 45.5 Å². The predicted octanol–water partition coefficient (Wildman–Crippen LogP) is 2.93. The van der Waals surface area contributed by atoms with Gasteiger partial charge < -0.3 is 15.5 Å². The van der Waals surface area contributed by atoms with Crippen LogP contribution in [0.25, 0.3) is 0 Å². The third-order valence-electron chi connectivity index (χ3n) is 4.57. The van der Waals surface area contributed by atoms with Crippen molar-refractivity contribution < 1.29 is 0 Å². The molecule has 0 bridgehead atoms. The maximum atomic E-state index is 4.35. The van der Waals surface area contributed by atoms with Crippen LogP contribution in [0.15, 0.2) is 4.99 Å². The monoisotopic (exact) mass is 440 g/mol. The third kappa shape index (κ3) is 7.25. The van der Waals surface area contributed by atoms with Crippen molar-refractivity contribution in [2.24, 2.45) is 4.99 Å². The third-order valence-corrected chi connectivity index (χ3v) is 6.11. The summed E-state index contributed by atoms with van der Waals surface area (Å²) in [6, 6.07) is 0. The average Bonchev–Trinajstić information content (AvgIpc) is 2.75. The van der Waals surface area contributed by atoms with Gasteiger partial charge in [0.15, 0.2) is 5.96 Å². The number of nitrogens with one attached hydrogen (secondary N) is 2. The van der Waals surface area contributed by atoms with E-state index >= 15 is 0 Å². The van der Waals surface area contributed by atoms with Gasteiger partial charge in [-0.2, -0.15) is 11.8 Å². The van der Waals surface area contributed by atoms with Crippen LogP contribution < -0.4 is 10.6 Å². The Morgan fingerprint density at radius 2 is 1.86 bits per heavy atom. The Balaban J connectivity index is 0.00000242. The van der Waals surface area contributed by atoms with Gasteiger partial charge in [0.1, 0.15) is 0 Å². The van der Waals surface area contributed by atoms with E-state index in [0.717, 1.165) is 25.6 Å². The molecule has 130 valence electrons. The van der Waals surface area contributed by atoms with Crippen LogP contribution >= 0.6 is 35.7 Å². The lowest BCUT2D eigenvalue weighted by atomic mass is 10.1. The molecule has 0 aromatic rings. The zero-order chi connectivity index (χ0) is 15.0. The smallest absolute Gasteiger partial charge is 0.191 e. The van der Waals surface area contributed by atoms with Gasteiger partial charge in [-0.05, 0) is 51.4 Å². The highest BCUT2D eigenvalue weighted by molar-refractivity contribution is 14.0. The Morgan fingerprint density at radius 3 is 2.45 bits per heavy atom. The van der Waals surface area contributed by atoms with E-state index in [1.807, 2.05) is 7.05 Å². The van der Waals surface area contributed by atoms with Gasteiger partial charge in [0.2, 0.25) is 0 Å². The molecule has 2 fully saturated rings. The Morgan fingerprint density at radius 1 is 1.14 bits per heavy atom. The van der Waals surface area contributed by atoms with Crippen molar-refractivity contribution in [3.8, 4) is 0 Å². The summed E-state index contributed by atoms with van der Waals surface area (Å²) in [5.41, 5.74) is 0. The predicted molar refractivity (Wildman–Crippen MR) is 110 cm³/mol. The highest BCUT2D eigenvalue weighted by Gasteiger charge is 2.29. The Labute approximate surface area is 157 Å². The summed E-state index contributed by atoms with van der Waals surface area (Å²) >= 11 is 2.09. The quantitative estimate of drug-likeness (QED) is 0.392. The molecular weight excluding hydrogens is 407 g/mol. The fourth-order valence-electron chi connectivity index (χ4n) is 3.16. The molecule has 0 aliphatic carbocycles. The number of nitrogens with zero attached hydrogens (tertiary/aromatic N) is 2. The molecule has 1 atom stereocenters. The van der Waals surface area contributed by atoms with Crippen LogP contribution in [-0.4, -0.2) is 61.1 Å². The maximum Gasteiger partial charge on any atom is 0.191 e. The van der Waals surface area contributed by atoms with Crippen LogP contribution in [0.5, 0.6) is 0 Å². The van der Waals surface area contributed by atoms with E-state index in [9.17, 15) is 0 Å². The number of aliphatic imine (C=N–C) groups is 1. The van der Waals surface area contributed by atoms with E-state index in [1.54, 1.807) is 0 Å². The molecule has 2 aliphatic rings. The molecular formula is C16H33IN4S. The van der Waals surface area contributed by atoms with E-state index in [-0.39, 0.29) is 24.0 Å². The summed E-state index contributed by atoms with van der Waals surface area (Å²) in [4.78, 5) is 6.93. The standard InChI is InChI=1S/C16H32N4S.HI/c1-16(8-7-13-21-16)14-19-15(17-2)18-9-12-20-10-5-3-4-6-11-20;/h3-14H2,1-2H3,(H2,17,18,19);1H. The number of hydrogen-bond acceptors (Lipinski definition) is 3. The molecule has 0 spiro atoms. The van der Waals surface area contributed by atoms with Crippen LogP contribution in [-0.2, 0) is 0 Å². The second kappa shape index (κ2) is 11.0. The Kier molecular flexibility index (Phi) is 10.1. The van der Waals surface area contributed by atoms with Crippen molar-refractivity contribution >= 4 is 41.7 Å². The van der Waals surface area contributed by atoms with Crippen LogP contribution in [0.3, 0.4) is 0 Å². The van der Waals surface area contributed by atoms with Crippen molar-refractivity contribution in [3.05, 3.63) is 0 Å². The molecule has 2 saturated heterocycles. The second-order valence-electron chi connectivity index (χ2n) is 6.51. The van der Waals surface area contributed by atoms with Crippen LogP contribution in [0.2, 0.25) is 0 Å². The van der Waals surface area contributed by atoms with E-state index in [4.69, 9.17) is 0 Å². The largest absolute Gasteiger partial charge is 0.355 e. The topological polar surface area (TPSA) is 39.7 Å². The van der Waals surface area contributed by atoms with E-state index in [1.165, 1.54) is 57.4 Å². The number of halogens is 1. The highest BCUT2D eigenvalue weighted by atomic mass is 127. The number of rotatable bonds is 5. The van der Waals surface area contributed by atoms with E-state index in [2.05, 4.69) is 39.2 Å². The summed E-state index contributed by atoms with van der Waals surface area (Å²) in [7, 11) is 1.87. The van der Waals surface area contributed by atoms with Crippen molar-refractivity contribution in [1.82, 2.24) is 15.5 Å². The molecule has 0 saturated carbocycles. The van der Waals surface area contributed by atoms with Gasteiger partial charge in [-0.25, -0.2) is 0 Å². The molecule has 0 aromatic heterocycles. The molecule has 22 heavy (non-hydrogen) atoms. The first-order valence-corrected chi connectivity index (χ1v) is 9.51. The summed E-state index contributed by atoms with van der Waals surface area (Å²) < 4.78 is 0.391. The molecule has 0 amide bonds. The van der Waals surface area contributed by atoms with E-state index < -0.39 is 0 Å². The van der Waals surface area contributed by atoms with Crippen molar-refractivity contribution in [2.45, 2.75) is 50.2 Å². The molecule has 2 heterocycles. The maximum absolute atomic E-state index is 4.35. The molecule has 2 N–H and O–H groups in total. The lowest BCUT2D eigenvalue weighted by molar-refractivity contribution is 0.289. The average molecular weight is 440 g/mol. The zero-order valence-corrected chi connectivity index (χ0v) is 17.3. The summed E-state index contributed by atoms with van der Waals surface area (Å²) in [5, 5.41) is 6.97. The van der Waals surface area contributed by atoms with Crippen LogP contribution in [0.4, 0.5) is 0 Å². The minimum Gasteiger partial charge on any atom is -0.355 e. The highest BCUT2D eigenvalue weighted by Crippen LogP contribution is 2.36. The molecule has 6 heteroatoms. The lowest BCUT2D eigenvalue weighted by Crippen LogP contribution is -2.45. The molecule has 1 unspecified atom stereocenters. The molecule has 0 aromatic carbocycles. The van der Waals surface area contributed by atoms with Gasteiger partial charge in [-0.15, -0.1) is 24.0 Å². The zero-order valence-electron chi connectivity index (χ0n) is 14.2. The van der Waals surface area contributed by atoms with Gasteiger partial charge >= 0.3 is 0 Å². The van der Waals surface area contributed by atoms with Gasteiger partial charge in [-0.3, -0.25) is 4.99 Å². The van der Waals surface area contributed by atoms with Crippen molar-refractivity contribution in [1.29, 1.82) is 0 Å². The fourth-order valence-corrected chi connectivity index (χ4v) is 4.40. The Bertz CT molecular complexity index is 324. The summed E-state index contributed by atoms with van der Waals surface area (Å²) in [6.07, 6.45) is 8.21. The lowest BCUT2D eigenvalue weighted by Gasteiger charge is -2.25. The van der Waals surface area contributed by atoms with Gasteiger partial charge in [0, 0.05) is 31.4 Å². The molecule has 4 nitrogen and oxygen atoms in total. The number of thioether (sulfide) groups is 1. The SMILES string of the molecule is CN=C(NCCN1CCCCCC1)NCC1(C)CCCS1.I. The summed E-state index contributed by atoms with van der Waals surface area (Å²) in [6.45, 7) is 8.03. The first-order chi connectivity index (χ1) is 10.2. The van der Waals surface area contributed by atoms with Crippen LogP contribution in [0, 0.1) is 0 Å². The number of guanidine groups is 1. The first kappa shape index (κ1) is 20.4. The van der Waals surface area contributed by atoms with Crippen molar-refractivity contribution in [3.63, 3.8) is 0 Å². The molecule has 2 aliphatic heterocycles. The molecule has 2 rings (SSSR count). The fraction of sp³-hybridized carbons (Fsp3) is 0.938. The van der Waals surface area contributed by atoms with Gasteiger partial charge in [0.05, 0.1) is 0 Å². The Hall–Kier alpha value is 0.310. The van der Waals surface area contributed by atoms with Crippen LogP contribution in [0.1, 0.15) is 45.4 Å². The second-order valence-corrected chi connectivity index (χ2v) is 8.19. The summed E-state index contributed by atoms with van der Waals surface area (Å²) in [5.74, 6) is 2.26. The first-order valence-electron chi connectivity index (χ1n) is 8.53. The minimum absolute atomic E-state index is 0. The number of likely N-dealkylation sites (tertiary alicyclic amines) is 1. The number of hydrogen-bond donors (Lipinski definition) is 2. The normalized spacial score (nSPS) is 27.1. The van der Waals surface area contributed by atoms with E-state index in [0.29, 0.717) is 4.75 Å².